The maximum absolute atomic E-state index is 13.0. The highest BCUT2D eigenvalue weighted by Crippen LogP contribution is 2.19. The number of nitrogens with one attached hydrogen (secondary N) is 1. The second-order valence-corrected chi connectivity index (χ2v) is 5.67. The number of aromatic nitrogens is 4. The number of rotatable bonds is 6. The van der Waals surface area contributed by atoms with Crippen LogP contribution in [0.1, 0.15) is 21.7 Å². The Balaban J connectivity index is 1.56. The number of carbonyl (C=O) groups excluding carboxylic acids is 1. The fourth-order valence-corrected chi connectivity index (χ4v) is 2.61. The van der Waals surface area contributed by atoms with Crippen LogP contribution in [0, 0.1) is 0 Å². The van der Waals surface area contributed by atoms with Gasteiger partial charge in [0, 0.05) is 11.8 Å². The van der Waals surface area contributed by atoms with Crippen molar-refractivity contribution >= 4 is 5.91 Å². The van der Waals surface area contributed by atoms with Crippen LogP contribution in [0.2, 0.25) is 0 Å². The third-order valence-corrected chi connectivity index (χ3v) is 3.90. The van der Waals surface area contributed by atoms with Crippen LogP contribution in [0.25, 0.3) is 11.3 Å². The second kappa shape index (κ2) is 7.06. The number of nitrogens with zero attached hydrogens (tertiary/aromatic N) is 4. The third kappa shape index (κ3) is 3.39. The number of hydrogen-bond acceptors (Lipinski definition) is 6. The van der Waals surface area contributed by atoms with Crippen molar-refractivity contribution in [3.63, 3.8) is 0 Å². The zero-order valence-corrected chi connectivity index (χ0v) is 13.7. The molecule has 0 spiro atoms. The first kappa shape index (κ1) is 15.8. The Morgan fingerprint density at radius 1 is 0.962 bits per heavy atom. The van der Waals surface area contributed by atoms with Crippen molar-refractivity contribution < 1.29 is 13.6 Å². The molecule has 0 aliphatic rings. The highest BCUT2D eigenvalue weighted by Gasteiger charge is 2.19. The summed E-state index contributed by atoms with van der Waals surface area (Å²) in [7, 11) is 0. The molecule has 0 atom stereocenters. The predicted molar refractivity (Wildman–Crippen MR) is 90.6 cm³/mol. The van der Waals surface area contributed by atoms with Gasteiger partial charge in [-0.1, -0.05) is 12.1 Å². The Morgan fingerprint density at radius 3 is 2.12 bits per heavy atom. The average molecular weight is 349 g/mol. The molecular weight excluding hydrogens is 334 g/mol. The first-order valence-electron chi connectivity index (χ1n) is 7.93. The summed E-state index contributed by atoms with van der Waals surface area (Å²) >= 11 is 0. The molecule has 3 aromatic heterocycles. The van der Waals surface area contributed by atoms with Crippen molar-refractivity contribution in [2.45, 2.75) is 13.1 Å². The zero-order valence-electron chi connectivity index (χ0n) is 13.7. The smallest absolute Gasteiger partial charge is 0.254 e. The number of hydrogen-bond donors (Lipinski definition) is 1. The Hall–Kier alpha value is -3.68. The maximum Gasteiger partial charge on any atom is 0.254 e. The molecule has 1 amide bonds. The fraction of sp³-hybridized carbons (Fsp3) is 0.111. The topological polar surface area (TPSA) is 101 Å². The van der Waals surface area contributed by atoms with E-state index in [2.05, 4.69) is 20.2 Å². The van der Waals surface area contributed by atoms with Gasteiger partial charge in [0.2, 0.25) is 0 Å². The Labute approximate surface area is 148 Å². The maximum atomic E-state index is 13.0. The molecule has 4 aromatic rings. The minimum absolute atomic E-state index is 0.132. The lowest BCUT2D eigenvalue weighted by Gasteiger charge is -2.20. The average Bonchev–Trinajstić information content (AvgIpc) is 3.43. The van der Waals surface area contributed by atoms with Gasteiger partial charge in [0.05, 0.1) is 30.2 Å². The van der Waals surface area contributed by atoms with Crippen molar-refractivity contribution in [3.8, 4) is 11.3 Å². The summed E-state index contributed by atoms with van der Waals surface area (Å²) in [4.78, 5) is 22.8. The summed E-state index contributed by atoms with van der Waals surface area (Å²) < 4.78 is 10.0. The normalized spacial score (nSPS) is 10.8. The lowest BCUT2D eigenvalue weighted by Crippen LogP contribution is -2.30. The van der Waals surface area contributed by atoms with Crippen molar-refractivity contribution in [2.24, 2.45) is 0 Å². The molecule has 130 valence electrons. The minimum atomic E-state index is -0.132. The standard InChI is InChI=1S/C18H15N5O3/c24-18(14-3-1-13(2-4-14)17-5-6-21-22-17)23(7-15-9-25-11-19-15)8-16-10-26-12-20-16/h1-6,9-12H,7-8H2,(H,21,22). The predicted octanol–water partition coefficient (Wildman–Crippen LogP) is 2.90. The van der Waals surface area contributed by atoms with E-state index in [1.807, 2.05) is 18.2 Å². The molecule has 8 nitrogen and oxygen atoms in total. The minimum Gasteiger partial charge on any atom is -0.451 e. The van der Waals surface area contributed by atoms with Gasteiger partial charge in [0.15, 0.2) is 12.8 Å². The number of oxazole rings is 2. The molecule has 0 fully saturated rings. The molecule has 4 rings (SSSR count). The quantitative estimate of drug-likeness (QED) is 0.574. The van der Waals surface area contributed by atoms with E-state index >= 15 is 0 Å². The van der Waals surface area contributed by atoms with Gasteiger partial charge in [-0.05, 0) is 23.8 Å². The molecule has 3 heterocycles. The molecule has 8 heteroatoms. The monoisotopic (exact) mass is 349 g/mol. The van der Waals surface area contributed by atoms with E-state index in [4.69, 9.17) is 8.83 Å². The zero-order chi connectivity index (χ0) is 17.8. The first-order valence-corrected chi connectivity index (χ1v) is 7.93. The van der Waals surface area contributed by atoms with Crippen LogP contribution in [-0.2, 0) is 13.1 Å². The molecule has 0 bridgehead atoms. The third-order valence-electron chi connectivity index (χ3n) is 3.90. The van der Waals surface area contributed by atoms with Gasteiger partial charge < -0.3 is 13.7 Å². The van der Waals surface area contributed by atoms with Crippen molar-refractivity contribution in [1.29, 1.82) is 0 Å². The van der Waals surface area contributed by atoms with Crippen LogP contribution in [0.4, 0.5) is 0 Å². The van der Waals surface area contributed by atoms with E-state index in [0.29, 0.717) is 30.0 Å². The van der Waals surface area contributed by atoms with E-state index in [1.54, 1.807) is 23.2 Å². The van der Waals surface area contributed by atoms with E-state index < -0.39 is 0 Å². The molecule has 26 heavy (non-hydrogen) atoms. The summed E-state index contributed by atoms with van der Waals surface area (Å²) in [5, 5.41) is 6.84. The molecule has 0 aliphatic carbocycles. The van der Waals surface area contributed by atoms with E-state index in [0.717, 1.165) is 11.3 Å². The summed E-state index contributed by atoms with van der Waals surface area (Å²) in [6.45, 7) is 0.620. The molecule has 0 saturated heterocycles. The van der Waals surface area contributed by atoms with Crippen molar-refractivity contribution in [2.75, 3.05) is 0 Å². The molecule has 0 unspecified atom stereocenters. The van der Waals surface area contributed by atoms with Gasteiger partial charge >= 0.3 is 0 Å². The van der Waals surface area contributed by atoms with Crippen molar-refractivity contribution in [3.05, 3.63) is 78.8 Å². The fourth-order valence-electron chi connectivity index (χ4n) is 2.61. The lowest BCUT2D eigenvalue weighted by molar-refractivity contribution is 0.0725. The summed E-state index contributed by atoms with van der Waals surface area (Å²) in [6.07, 6.45) is 7.40. The van der Waals surface area contributed by atoms with Gasteiger partial charge in [-0.3, -0.25) is 9.89 Å². The first-order chi connectivity index (χ1) is 12.8. The van der Waals surface area contributed by atoms with Gasteiger partial charge in [-0.2, -0.15) is 5.10 Å². The summed E-state index contributed by atoms with van der Waals surface area (Å²) in [5.41, 5.74) is 3.75. The molecule has 0 radical (unpaired) electrons. The summed E-state index contributed by atoms with van der Waals surface area (Å²) in [5.74, 6) is -0.132. The Morgan fingerprint density at radius 2 is 1.62 bits per heavy atom. The number of carbonyl (C=O) groups is 1. The lowest BCUT2D eigenvalue weighted by atomic mass is 10.1. The number of H-pyrrole nitrogens is 1. The largest absolute Gasteiger partial charge is 0.451 e. The number of aromatic amines is 1. The van der Waals surface area contributed by atoms with Crippen LogP contribution < -0.4 is 0 Å². The van der Waals surface area contributed by atoms with Gasteiger partial charge in [0.25, 0.3) is 5.91 Å². The van der Waals surface area contributed by atoms with Crippen LogP contribution in [0.15, 0.2) is 70.7 Å². The second-order valence-electron chi connectivity index (χ2n) is 5.67. The highest BCUT2D eigenvalue weighted by molar-refractivity contribution is 5.94. The molecule has 0 saturated carbocycles. The molecular formula is C18H15N5O3. The molecule has 0 aliphatic heterocycles. The highest BCUT2D eigenvalue weighted by atomic mass is 16.3. The van der Waals surface area contributed by atoms with Crippen LogP contribution in [-0.4, -0.2) is 31.0 Å². The van der Waals surface area contributed by atoms with E-state index in [-0.39, 0.29) is 5.91 Å². The Bertz CT molecular complexity index is 909. The van der Waals surface area contributed by atoms with Crippen LogP contribution >= 0.6 is 0 Å². The van der Waals surface area contributed by atoms with Crippen LogP contribution in [0.5, 0.6) is 0 Å². The molecule has 1 aromatic carbocycles. The van der Waals surface area contributed by atoms with Gasteiger partial charge in [-0.25, -0.2) is 9.97 Å². The molecule has 1 N–H and O–H groups in total. The van der Waals surface area contributed by atoms with Crippen molar-refractivity contribution in [1.82, 2.24) is 25.1 Å². The number of amides is 1. The van der Waals surface area contributed by atoms with Gasteiger partial charge in [-0.15, -0.1) is 0 Å². The number of benzene rings is 1. The SMILES string of the molecule is O=C(c1ccc(-c2ccn[nH]2)cc1)N(Cc1cocn1)Cc1cocn1. The van der Waals surface area contributed by atoms with Crippen LogP contribution in [0.3, 0.4) is 0 Å². The van der Waals surface area contributed by atoms with E-state index in [1.165, 1.54) is 25.3 Å². The Kier molecular flexibility index (Phi) is 4.29. The van der Waals surface area contributed by atoms with Gasteiger partial charge in [0.1, 0.15) is 12.5 Å². The van der Waals surface area contributed by atoms with E-state index in [9.17, 15) is 4.79 Å². The summed E-state index contributed by atoms with van der Waals surface area (Å²) in [6, 6.07) is 9.21.